The van der Waals surface area contributed by atoms with Gasteiger partial charge in [-0.3, -0.25) is 0 Å². The van der Waals surface area contributed by atoms with Crippen molar-refractivity contribution in [2.45, 2.75) is 6.92 Å². The number of nitrogens with two attached hydrogens (primary N) is 1. The van der Waals surface area contributed by atoms with Crippen molar-refractivity contribution in [1.29, 1.82) is 0 Å². The van der Waals surface area contributed by atoms with Gasteiger partial charge in [0.15, 0.2) is 0 Å². The van der Waals surface area contributed by atoms with Crippen LogP contribution in [0.4, 0.5) is 5.69 Å². The van der Waals surface area contributed by atoms with Crippen LogP contribution in [0.15, 0.2) is 28.7 Å². The topological polar surface area (TPSA) is 96.7 Å². The molecule has 96 valence electrons. The van der Waals surface area contributed by atoms with E-state index in [1.807, 2.05) is 6.92 Å². The molecule has 0 fully saturated rings. The van der Waals surface area contributed by atoms with Gasteiger partial charge in [-0.25, -0.2) is 4.79 Å². The number of aromatic hydroxyl groups is 1. The number of aromatic carboxylic acids is 1. The van der Waals surface area contributed by atoms with E-state index >= 15 is 0 Å². The monoisotopic (exact) mass is 313 g/mol. The molecular formula is C12H12BrNO4. The lowest BCUT2D eigenvalue weighted by molar-refractivity contribution is 0.0663. The quantitative estimate of drug-likeness (QED) is 0.585. The molecule has 1 aromatic heterocycles. The highest BCUT2D eigenvalue weighted by Crippen LogP contribution is 2.35. The first kappa shape index (κ1) is 14.1. The Morgan fingerprint density at radius 2 is 2.00 bits per heavy atom. The summed E-state index contributed by atoms with van der Waals surface area (Å²) in [4.78, 5) is 10.7. The Kier molecular flexibility index (Phi) is 4.03. The summed E-state index contributed by atoms with van der Waals surface area (Å²) in [5.74, 6) is -1.17. The summed E-state index contributed by atoms with van der Waals surface area (Å²) in [5, 5.41) is 18.5. The van der Waals surface area contributed by atoms with Crippen LogP contribution in [0.3, 0.4) is 0 Å². The fourth-order valence-corrected chi connectivity index (χ4v) is 1.59. The van der Waals surface area contributed by atoms with Gasteiger partial charge in [0.1, 0.15) is 11.5 Å². The van der Waals surface area contributed by atoms with Gasteiger partial charge in [-0.05, 0) is 36.8 Å². The van der Waals surface area contributed by atoms with Crippen LogP contribution in [-0.2, 0) is 0 Å². The number of aryl methyl sites for hydroxylation is 1. The van der Waals surface area contributed by atoms with E-state index in [0.29, 0.717) is 5.56 Å². The van der Waals surface area contributed by atoms with E-state index in [1.54, 1.807) is 12.1 Å². The lowest BCUT2D eigenvalue weighted by Crippen LogP contribution is -1.92. The van der Waals surface area contributed by atoms with E-state index in [4.69, 9.17) is 15.3 Å². The van der Waals surface area contributed by atoms with Crippen LogP contribution in [0, 0.1) is 6.92 Å². The number of halogens is 1. The summed E-state index contributed by atoms with van der Waals surface area (Å²) < 4.78 is 5.11. The van der Waals surface area contributed by atoms with Gasteiger partial charge in [0, 0.05) is 0 Å². The number of carboxylic acid groups (broad SMARTS) is 1. The van der Waals surface area contributed by atoms with Crippen molar-refractivity contribution in [3.05, 3.63) is 35.6 Å². The van der Waals surface area contributed by atoms with Crippen molar-refractivity contribution in [1.82, 2.24) is 0 Å². The molecule has 0 aliphatic carbocycles. The van der Waals surface area contributed by atoms with Crippen molar-refractivity contribution in [3.63, 3.8) is 0 Å². The number of carbonyl (C=O) groups is 1. The molecule has 2 rings (SSSR count). The minimum absolute atomic E-state index is 0. The summed E-state index contributed by atoms with van der Waals surface area (Å²) in [7, 11) is 0. The van der Waals surface area contributed by atoms with E-state index < -0.39 is 5.97 Å². The SMILES string of the molecule is Br.Cc1cc(N)c(O)c(-c2ccc(C(=O)O)o2)c1. The second kappa shape index (κ2) is 5.14. The number of carboxylic acids is 1. The number of anilines is 1. The Morgan fingerprint density at radius 1 is 1.33 bits per heavy atom. The molecule has 0 saturated carbocycles. The molecule has 0 spiro atoms. The maximum absolute atomic E-state index is 10.7. The van der Waals surface area contributed by atoms with E-state index in [2.05, 4.69) is 0 Å². The van der Waals surface area contributed by atoms with Crippen LogP contribution >= 0.6 is 17.0 Å². The van der Waals surface area contributed by atoms with Gasteiger partial charge in [0.25, 0.3) is 0 Å². The number of hydrogen-bond donors (Lipinski definition) is 3. The minimum Gasteiger partial charge on any atom is -0.505 e. The smallest absolute Gasteiger partial charge is 0.371 e. The van der Waals surface area contributed by atoms with Gasteiger partial charge in [-0.15, -0.1) is 17.0 Å². The normalized spacial score (nSPS) is 9.83. The second-order valence-corrected chi connectivity index (χ2v) is 3.72. The number of nitrogen functional groups attached to an aromatic ring is 1. The minimum atomic E-state index is -1.16. The molecule has 0 aliphatic rings. The third-order valence-electron chi connectivity index (χ3n) is 2.37. The van der Waals surface area contributed by atoms with Crippen molar-refractivity contribution in [2.75, 3.05) is 5.73 Å². The predicted molar refractivity (Wildman–Crippen MR) is 72.2 cm³/mol. The van der Waals surface area contributed by atoms with Crippen LogP contribution in [-0.4, -0.2) is 16.2 Å². The average molecular weight is 314 g/mol. The standard InChI is InChI=1S/C12H11NO4.BrH/c1-6-4-7(11(14)8(13)5-6)9-2-3-10(17-9)12(15)16;/h2-5,14H,13H2,1H3,(H,15,16);1H. The number of phenols is 1. The van der Waals surface area contributed by atoms with Crippen LogP contribution < -0.4 is 5.73 Å². The molecule has 0 unspecified atom stereocenters. The fraction of sp³-hybridized carbons (Fsp3) is 0.0833. The number of hydrogen-bond acceptors (Lipinski definition) is 4. The third-order valence-corrected chi connectivity index (χ3v) is 2.37. The van der Waals surface area contributed by atoms with Gasteiger partial charge in [0.2, 0.25) is 5.76 Å². The molecule has 2 aromatic rings. The average Bonchev–Trinajstić information content (AvgIpc) is 2.72. The summed E-state index contributed by atoms with van der Waals surface area (Å²) in [6.45, 7) is 1.82. The zero-order valence-electron chi connectivity index (χ0n) is 9.51. The van der Waals surface area contributed by atoms with Crippen LogP contribution in [0.5, 0.6) is 5.75 Å². The van der Waals surface area contributed by atoms with E-state index in [-0.39, 0.29) is 39.9 Å². The lowest BCUT2D eigenvalue weighted by atomic mass is 10.1. The molecule has 0 amide bonds. The van der Waals surface area contributed by atoms with Crippen LogP contribution in [0.1, 0.15) is 16.1 Å². The van der Waals surface area contributed by atoms with Crippen LogP contribution in [0.2, 0.25) is 0 Å². The van der Waals surface area contributed by atoms with Gasteiger partial charge in [0.05, 0.1) is 11.3 Å². The Morgan fingerprint density at radius 3 is 2.56 bits per heavy atom. The van der Waals surface area contributed by atoms with E-state index in [0.717, 1.165) is 5.56 Å². The van der Waals surface area contributed by atoms with Crippen molar-refractivity contribution >= 4 is 28.6 Å². The van der Waals surface area contributed by atoms with Crippen molar-refractivity contribution in [3.8, 4) is 17.1 Å². The van der Waals surface area contributed by atoms with Gasteiger partial charge in [-0.1, -0.05) is 0 Å². The molecule has 0 saturated heterocycles. The largest absolute Gasteiger partial charge is 0.505 e. The molecule has 5 nitrogen and oxygen atoms in total. The number of rotatable bonds is 2. The van der Waals surface area contributed by atoms with E-state index in [1.165, 1.54) is 12.1 Å². The van der Waals surface area contributed by atoms with Crippen molar-refractivity contribution in [2.24, 2.45) is 0 Å². The van der Waals surface area contributed by atoms with Gasteiger partial charge >= 0.3 is 5.97 Å². The number of phenolic OH excluding ortho intramolecular Hbond substituents is 1. The molecule has 18 heavy (non-hydrogen) atoms. The van der Waals surface area contributed by atoms with E-state index in [9.17, 15) is 9.90 Å². The first-order chi connectivity index (χ1) is 7.99. The first-order valence-electron chi connectivity index (χ1n) is 4.91. The zero-order chi connectivity index (χ0) is 12.6. The molecule has 6 heteroatoms. The third kappa shape index (κ3) is 2.48. The Balaban J connectivity index is 0.00000162. The first-order valence-corrected chi connectivity index (χ1v) is 4.91. The lowest BCUT2D eigenvalue weighted by Gasteiger charge is -2.06. The molecule has 0 radical (unpaired) electrons. The maximum Gasteiger partial charge on any atom is 0.371 e. The molecule has 0 bridgehead atoms. The zero-order valence-corrected chi connectivity index (χ0v) is 11.2. The fourth-order valence-electron chi connectivity index (χ4n) is 1.59. The Bertz CT molecular complexity index is 592. The van der Waals surface area contributed by atoms with Crippen LogP contribution in [0.25, 0.3) is 11.3 Å². The summed E-state index contributed by atoms with van der Waals surface area (Å²) in [6.07, 6.45) is 0. The Labute approximate surface area is 114 Å². The highest BCUT2D eigenvalue weighted by atomic mass is 79.9. The predicted octanol–water partition coefficient (Wildman–Crippen LogP) is 2.82. The summed E-state index contributed by atoms with van der Waals surface area (Å²) >= 11 is 0. The second-order valence-electron chi connectivity index (χ2n) is 3.72. The summed E-state index contributed by atoms with van der Waals surface area (Å²) in [6, 6.07) is 6.11. The summed E-state index contributed by atoms with van der Waals surface area (Å²) in [5.41, 5.74) is 7.08. The van der Waals surface area contributed by atoms with Gasteiger partial charge in [-0.2, -0.15) is 0 Å². The highest BCUT2D eigenvalue weighted by molar-refractivity contribution is 8.93. The number of furan rings is 1. The molecule has 1 aromatic carbocycles. The molecular weight excluding hydrogens is 302 g/mol. The van der Waals surface area contributed by atoms with Crippen molar-refractivity contribution < 1.29 is 19.4 Å². The maximum atomic E-state index is 10.7. The Hall–Kier alpha value is -1.95. The molecule has 1 heterocycles. The molecule has 0 aliphatic heterocycles. The molecule has 4 N–H and O–H groups in total. The molecule has 0 atom stereocenters. The van der Waals surface area contributed by atoms with Gasteiger partial charge < -0.3 is 20.4 Å². The number of benzene rings is 1. The highest BCUT2D eigenvalue weighted by Gasteiger charge is 2.15.